The Kier molecular flexibility index (Phi) is 5.72. The normalized spacial score (nSPS) is 14.1. The molecule has 0 bridgehead atoms. The Bertz CT molecular complexity index is 176. The van der Waals surface area contributed by atoms with Crippen molar-refractivity contribution in [3.8, 4) is 0 Å². The van der Waals surface area contributed by atoms with Crippen LogP contribution in [-0.2, 0) is 4.79 Å². The number of carbonyl (C=O) groups excluding carboxylic acids is 1. The summed E-state index contributed by atoms with van der Waals surface area (Å²) in [5.74, 6) is -1.35. The van der Waals surface area contributed by atoms with Crippen molar-refractivity contribution < 1.29 is 22.4 Å². The maximum atomic E-state index is 12.3. The highest BCUT2D eigenvalue weighted by atomic mass is 19.4. The molecule has 0 N–H and O–H groups in total. The first-order valence-corrected chi connectivity index (χ1v) is 4.63. The minimum absolute atomic E-state index is 0.319. The maximum absolute atomic E-state index is 12.3. The predicted octanol–water partition coefficient (Wildman–Crippen LogP) is 3.43. The smallest absolute Gasteiger partial charge is 0.296 e. The van der Waals surface area contributed by atoms with Crippen molar-refractivity contribution in [2.75, 3.05) is 0 Å². The van der Waals surface area contributed by atoms with Gasteiger partial charge in [0.1, 0.15) is 0 Å². The molecular formula is C9H14F4O. The predicted molar refractivity (Wildman–Crippen MR) is 44.7 cm³/mol. The first kappa shape index (κ1) is 13.4. The molecule has 1 atom stereocenters. The van der Waals surface area contributed by atoms with Crippen LogP contribution in [0.4, 0.5) is 17.6 Å². The van der Waals surface area contributed by atoms with Gasteiger partial charge in [-0.1, -0.05) is 26.2 Å². The summed E-state index contributed by atoms with van der Waals surface area (Å²) < 4.78 is 47.4. The zero-order valence-corrected chi connectivity index (χ0v) is 8.03. The van der Waals surface area contributed by atoms with Gasteiger partial charge < -0.3 is 0 Å². The van der Waals surface area contributed by atoms with Crippen LogP contribution in [0.5, 0.6) is 0 Å². The molecule has 14 heavy (non-hydrogen) atoms. The highest BCUT2D eigenvalue weighted by molar-refractivity contribution is 5.83. The third kappa shape index (κ3) is 5.19. The van der Waals surface area contributed by atoms with Gasteiger partial charge in [-0.2, -0.15) is 13.2 Å². The molecular weight excluding hydrogens is 200 g/mol. The number of Topliss-reactive ketones (excluding diaryl/α,β-unsaturated/α-hetero) is 1. The summed E-state index contributed by atoms with van der Waals surface area (Å²) in [6.07, 6.45) is -5.87. The Balaban J connectivity index is 3.74. The molecule has 0 amide bonds. The van der Waals surface area contributed by atoms with E-state index in [-0.39, 0.29) is 6.42 Å². The number of carbonyl (C=O) groups is 1. The first-order chi connectivity index (χ1) is 6.39. The topological polar surface area (TPSA) is 17.1 Å². The zero-order chi connectivity index (χ0) is 11.2. The lowest BCUT2D eigenvalue weighted by atomic mass is 10.1. The van der Waals surface area contributed by atoms with Gasteiger partial charge >= 0.3 is 6.18 Å². The molecule has 0 saturated heterocycles. The Morgan fingerprint density at radius 1 is 1.21 bits per heavy atom. The molecule has 0 spiro atoms. The number of alkyl halides is 4. The van der Waals surface area contributed by atoms with E-state index in [1.54, 1.807) is 0 Å². The third-order valence-electron chi connectivity index (χ3n) is 1.85. The molecule has 0 aliphatic carbocycles. The van der Waals surface area contributed by atoms with Crippen molar-refractivity contribution >= 4 is 5.78 Å². The van der Waals surface area contributed by atoms with E-state index in [4.69, 9.17) is 0 Å². The SMILES string of the molecule is CCCCCCC(=O)C(F)C(F)(F)F. The molecule has 0 radical (unpaired) electrons. The lowest BCUT2D eigenvalue weighted by Crippen LogP contribution is -2.32. The Morgan fingerprint density at radius 3 is 2.21 bits per heavy atom. The number of unbranched alkanes of at least 4 members (excludes halogenated alkanes) is 3. The Morgan fingerprint density at radius 2 is 1.79 bits per heavy atom. The van der Waals surface area contributed by atoms with Gasteiger partial charge in [0.25, 0.3) is 6.17 Å². The molecule has 0 aliphatic rings. The van der Waals surface area contributed by atoms with Crippen molar-refractivity contribution in [3.05, 3.63) is 0 Å². The number of halogens is 4. The molecule has 1 unspecified atom stereocenters. The van der Waals surface area contributed by atoms with Crippen LogP contribution in [0.3, 0.4) is 0 Å². The van der Waals surface area contributed by atoms with E-state index in [1.165, 1.54) is 0 Å². The van der Waals surface area contributed by atoms with Gasteiger partial charge in [-0.25, -0.2) is 4.39 Å². The number of rotatable bonds is 6. The highest BCUT2D eigenvalue weighted by Gasteiger charge is 2.44. The van der Waals surface area contributed by atoms with Crippen LogP contribution < -0.4 is 0 Å². The van der Waals surface area contributed by atoms with Gasteiger partial charge in [0.05, 0.1) is 0 Å². The summed E-state index contributed by atoms with van der Waals surface area (Å²) in [4.78, 5) is 10.7. The largest absolute Gasteiger partial charge is 0.426 e. The lowest BCUT2D eigenvalue weighted by molar-refractivity contribution is -0.185. The molecule has 0 saturated carbocycles. The van der Waals surface area contributed by atoms with Gasteiger partial charge in [0.15, 0.2) is 5.78 Å². The molecule has 1 nitrogen and oxygen atoms in total. The minimum atomic E-state index is -5.04. The number of ketones is 1. The lowest BCUT2D eigenvalue weighted by Gasteiger charge is -2.10. The number of hydrogen-bond donors (Lipinski definition) is 0. The van der Waals surface area contributed by atoms with Gasteiger partial charge in [0.2, 0.25) is 0 Å². The monoisotopic (exact) mass is 214 g/mol. The van der Waals surface area contributed by atoms with Gasteiger partial charge in [0, 0.05) is 6.42 Å². The Hall–Kier alpha value is -0.610. The molecule has 0 fully saturated rings. The van der Waals surface area contributed by atoms with E-state index in [0.717, 1.165) is 12.8 Å². The molecule has 0 heterocycles. The van der Waals surface area contributed by atoms with Gasteiger partial charge in [-0.15, -0.1) is 0 Å². The van der Waals surface area contributed by atoms with Crippen molar-refractivity contribution in [1.82, 2.24) is 0 Å². The summed E-state index contributed by atoms with van der Waals surface area (Å²) in [7, 11) is 0. The van der Waals surface area contributed by atoms with E-state index in [2.05, 4.69) is 0 Å². The molecule has 0 aromatic carbocycles. The molecule has 84 valence electrons. The third-order valence-corrected chi connectivity index (χ3v) is 1.85. The fourth-order valence-electron chi connectivity index (χ4n) is 1.04. The average molecular weight is 214 g/mol. The summed E-state index contributed by atoms with van der Waals surface area (Å²) in [6.45, 7) is 1.94. The summed E-state index contributed by atoms with van der Waals surface area (Å²) in [5, 5.41) is 0. The van der Waals surface area contributed by atoms with Gasteiger partial charge in [-0.05, 0) is 6.42 Å². The van der Waals surface area contributed by atoms with Crippen LogP contribution in [0.25, 0.3) is 0 Å². The van der Waals surface area contributed by atoms with Crippen LogP contribution in [0.2, 0.25) is 0 Å². The van der Waals surface area contributed by atoms with Crippen molar-refractivity contribution in [2.45, 2.75) is 51.4 Å². The van der Waals surface area contributed by atoms with Crippen LogP contribution in [0.15, 0.2) is 0 Å². The summed E-state index contributed by atoms with van der Waals surface area (Å²) >= 11 is 0. The van der Waals surface area contributed by atoms with Crippen LogP contribution in [-0.4, -0.2) is 18.1 Å². The average Bonchev–Trinajstić information content (AvgIpc) is 2.09. The fourth-order valence-corrected chi connectivity index (χ4v) is 1.04. The summed E-state index contributed by atoms with van der Waals surface area (Å²) in [6, 6.07) is 0. The fraction of sp³-hybridized carbons (Fsp3) is 0.889. The second-order valence-electron chi connectivity index (χ2n) is 3.18. The van der Waals surface area contributed by atoms with Crippen molar-refractivity contribution in [3.63, 3.8) is 0 Å². The van der Waals surface area contributed by atoms with Crippen molar-refractivity contribution in [2.24, 2.45) is 0 Å². The Labute approximate surface area is 80.5 Å². The second-order valence-corrected chi connectivity index (χ2v) is 3.18. The second kappa shape index (κ2) is 5.98. The van der Waals surface area contributed by atoms with Crippen LogP contribution in [0, 0.1) is 0 Å². The minimum Gasteiger partial charge on any atom is -0.296 e. The van der Waals surface area contributed by atoms with E-state index in [9.17, 15) is 22.4 Å². The van der Waals surface area contributed by atoms with E-state index >= 15 is 0 Å². The molecule has 0 rings (SSSR count). The molecule has 0 aliphatic heterocycles. The highest BCUT2D eigenvalue weighted by Crippen LogP contribution is 2.24. The quantitative estimate of drug-likeness (QED) is 0.489. The molecule has 5 heteroatoms. The maximum Gasteiger partial charge on any atom is 0.426 e. The van der Waals surface area contributed by atoms with Crippen LogP contribution >= 0.6 is 0 Å². The van der Waals surface area contributed by atoms with E-state index in [1.807, 2.05) is 6.92 Å². The van der Waals surface area contributed by atoms with E-state index in [0.29, 0.717) is 12.8 Å². The van der Waals surface area contributed by atoms with E-state index < -0.39 is 18.1 Å². The first-order valence-electron chi connectivity index (χ1n) is 4.63. The molecule has 0 aromatic rings. The van der Waals surface area contributed by atoms with Crippen molar-refractivity contribution in [1.29, 1.82) is 0 Å². The molecule has 0 aromatic heterocycles. The van der Waals surface area contributed by atoms with Crippen LogP contribution in [0.1, 0.15) is 39.0 Å². The van der Waals surface area contributed by atoms with Gasteiger partial charge in [-0.3, -0.25) is 4.79 Å². The standard InChI is InChI=1S/C9H14F4O/c1-2-3-4-5-6-7(14)8(10)9(11,12)13/h8H,2-6H2,1H3. The number of hydrogen-bond acceptors (Lipinski definition) is 1. The zero-order valence-electron chi connectivity index (χ0n) is 8.03. The summed E-state index contributed by atoms with van der Waals surface area (Å²) in [5.41, 5.74) is 0.